The second kappa shape index (κ2) is 8.77. The predicted octanol–water partition coefficient (Wildman–Crippen LogP) is 1.54. The fourth-order valence-electron chi connectivity index (χ4n) is 2.31. The van der Waals surface area contributed by atoms with Gasteiger partial charge in [0.25, 0.3) is 0 Å². The van der Waals surface area contributed by atoms with E-state index in [0.717, 1.165) is 16.7 Å². The van der Waals surface area contributed by atoms with Crippen LogP contribution >= 0.6 is 0 Å². The number of carboxylic acid groups (broad SMARTS) is 1. The van der Waals surface area contributed by atoms with Crippen LogP contribution in [-0.4, -0.2) is 40.5 Å². The van der Waals surface area contributed by atoms with Crippen LogP contribution in [0.5, 0.6) is 0 Å². The van der Waals surface area contributed by atoms with Gasteiger partial charge in [0.05, 0.1) is 6.10 Å². The van der Waals surface area contributed by atoms with Crippen LogP contribution in [0.2, 0.25) is 0 Å². The molecule has 2 atom stereocenters. The molecule has 2 unspecified atom stereocenters. The lowest BCUT2D eigenvalue weighted by atomic mass is 9.93. The van der Waals surface area contributed by atoms with Gasteiger partial charge in [-0.3, -0.25) is 4.79 Å². The van der Waals surface area contributed by atoms with Crippen LogP contribution in [0.4, 0.5) is 0 Å². The van der Waals surface area contributed by atoms with Gasteiger partial charge >= 0.3 is 5.97 Å². The molecule has 0 heterocycles. The van der Waals surface area contributed by atoms with Gasteiger partial charge in [0.1, 0.15) is 0 Å². The quantitative estimate of drug-likeness (QED) is 0.519. The van der Waals surface area contributed by atoms with Crippen molar-refractivity contribution in [3.8, 4) is 0 Å². The summed E-state index contributed by atoms with van der Waals surface area (Å²) in [7, 11) is 0. The normalized spacial score (nSPS) is 13.9. The Bertz CT molecular complexity index is 462. The Labute approximate surface area is 125 Å². The van der Waals surface area contributed by atoms with Crippen LogP contribution in [0, 0.1) is 13.8 Å². The molecule has 0 fully saturated rings. The number of aryl methyl sites for hydroxylation is 2. The molecular formula is C16H25NO4. The summed E-state index contributed by atoms with van der Waals surface area (Å²) < 4.78 is 0. The molecular weight excluding hydrogens is 270 g/mol. The molecule has 4 N–H and O–H groups in total. The highest BCUT2D eigenvalue weighted by molar-refractivity contribution is 5.66. The molecule has 0 aliphatic heterocycles. The number of aliphatic hydroxyl groups is 2. The number of benzene rings is 1. The van der Waals surface area contributed by atoms with Crippen LogP contribution < -0.4 is 5.32 Å². The van der Waals surface area contributed by atoms with E-state index in [1.165, 1.54) is 0 Å². The lowest BCUT2D eigenvalue weighted by Gasteiger charge is -2.25. The van der Waals surface area contributed by atoms with Gasteiger partial charge in [-0.15, -0.1) is 0 Å². The van der Waals surface area contributed by atoms with Crippen molar-refractivity contribution in [1.82, 2.24) is 5.32 Å². The minimum atomic E-state index is -0.878. The molecule has 0 amide bonds. The predicted molar refractivity (Wildman–Crippen MR) is 81.2 cm³/mol. The van der Waals surface area contributed by atoms with Crippen molar-refractivity contribution in [3.05, 3.63) is 34.9 Å². The molecule has 5 nitrogen and oxygen atoms in total. The molecule has 118 valence electrons. The summed E-state index contributed by atoms with van der Waals surface area (Å²) >= 11 is 0. The van der Waals surface area contributed by atoms with Crippen molar-refractivity contribution < 1.29 is 20.1 Å². The molecule has 1 aromatic rings. The fourth-order valence-corrected chi connectivity index (χ4v) is 2.31. The van der Waals surface area contributed by atoms with Crippen molar-refractivity contribution in [3.63, 3.8) is 0 Å². The van der Waals surface area contributed by atoms with E-state index in [1.807, 2.05) is 32.0 Å². The third-order valence-corrected chi connectivity index (χ3v) is 3.55. The molecule has 0 bridgehead atoms. The lowest BCUT2D eigenvalue weighted by Crippen LogP contribution is -2.36. The Morgan fingerprint density at radius 2 is 2.05 bits per heavy atom. The van der Waals surface area contributed by atoms with Gasteiger partial charge in [-0.2, -0.15) is 0 Å². The van der Waals surface area contributed by atoms with Crippen LogP contribution in [0.3, 0.4) is 0 Å². The zero-order chi connectivity index (χ0) is 15.8. The largest absolute Gasteiger partial charge is 0.481 e. The van der Waals surface area contributed by atoms with Gasteiger partial charge in [0.15, 0.2) is 0 Å². The van der Waals surface area contributed by atoms with E-state index in [-0.39, 0.29) is 19.1 Å². The Morgan fingerprint density at radius 3 is 2.67 bits per heavy atom. The number of hydrogen-bond donors (Lipinski definition) is 4. The van der Waals surface area contributed by atoms with Gasteiger partial charge in [-0.05, 0) is 44.4 Å². The van der Waals surface area contributed by atoms with Crippen molar-refractivity contribution in [2.24, 2.45) is 0 Å². The number of carboxylic acids is 1. The van der Waals surface area contributed by atoms with Crippen LogP contribution in [0.15, 0.2) is 18.2 Å². The van der Waals surface area contributed by atoms with Gasteiger partial charge in [0, 0.05) is 19.1 Å². The molecule has 21 heavy (non-hydrogen) atoms. The number of carbonyl (C=O) groups is 1. The summed E-state index contributed by atoms with van der Waals surface area (Å²) in [6, 6.07) is 5.53. The molecule has 0 saturated heterocycles. The molecule has 0 aliphatic carbocycles. The Hall–Kier alpha value is -1.43. The van der Waals surface area contributed by atoms with E-state index in [0.29, 0.717) is 19.4 Å². The summed E-state index contributed by atoms with van der Waals surface area (Å²) in [6.07, 6.45) is 0.153. The number of rotatable bonds is 9. The third-order valence-electron chi connectivity index (χ3n) is 3.55. The summed E-state index contributed by atoms with van der Waals surface area (Å²) in [5, 5.41) is 31.4. The minimum Gasteiger partial charge on any atom is -0.481 e. The van der Waals surface area contributed by atoms with Crippen molar-refractivity contribution in [2.75, 3.05) is 13.2 Å². The van der Waals surface area contributed by atoms with Crippen molar-refractivity contribution in [1.29, 1.82) is 0 Å². The Kier molecular flexibility index (Phi) is 7.36. The fraction of sp³-hybridized carbons (Fsp3) is 0.562. The topological polar surface area (TPSA) is 89.8 Å². The first-order valence-electron chi connectivity index (χ1n) is 7.27. The number of nitrogens with one attached hydrogen (secondary N) is 1. The highest BCUT2D eigenvalue weighted by Crippen LogP contribution is 2.24. The minimum absolute atomic E-state index is 0.00127. The maximum atomic E-state index is 10.8. The smallest absolute Gasteiger partial charge is 0.303 e. The van der Waals surface area contributed by atoms with Gasteiger partial charge < -0.3 is 20.6 Å². The van der Waals surface area contributed by atoms with Crippen LogP contribution in [-0.2, 0) is 4.79 Å². The molecule has 1 aromatic carbocycles. The lowest BCUT2D eigenvalue weighted by molar-refractivity contribution is -0.137. The molecule has 0 radical (unpaired) electrons. The highest BCUT2D eigenvalue weighted by Gasteiger charge is 2.22. The van der Waals surface area contributed by atoms with E-state index >= 15 is 0 Å². The summed E-state index contributed by atoms with van der Waals surface area (Å²) in [6.45, 7) is 4.50. The zero-order valence-corrected chi connectivity index (χ0v) is 12.7. The zero-order valence-electron chi connectivity index (χ0n) is 12.7. The first kappa shape index (κ1) is 17.6. The summed E-state index contributed by atoms with van der Waals surface area (Å²) in [4.78, 5) is 10.8. The van der Waals surface area contributed by atoms with Gasteiger partial charge in [0.2, 0.25) is 0 Å². The van der Waals surface area contributed by atoms with E-state index in [4.69, 9.17) is 10.2 Å². The molecule has 1 rings (SSSR count). The van der Waals surface area contributed by atoms with Gasteiger partial charge in [-0.1, -0.05) is 23.8 Å². The first-order valence-corrected chi connectivity index (χ1v) is 7.27. The average Bonchev–Trinajstić information content (AvgIpc) is 2.44. The van der Waals surface area contributed by atoms with Crippen LogP contribution in [0.1, 0.15) is 42.1 Å². The van der Waals surface area contributed by atoms with Crippen molar-refractivity contribution >= 4 is 5.97 Å². The maximum Gasteiger partial charge on any atom is 0.303 e. The highest BCUT2D eigenvalue weighted by atomic mass is 16.4. The second-order valence-corrected chi connectivity index (χ2v) is 5.38. The molecule has 0 saturated carbocycles. The van der Waals surface area contributed by atoms with E-state index in [9.17, 15) is 9.90 Å². The Balaban J connectivity index is 2.83. The van der Waals surface area contributed by atoms with E-state index in [1.54, 1.807) is 0 Å². The van der Waals surface area contributed by atoms with E-state index < -0.39 is 12.1 Å². The Morgan fingerprint density at radius 1 is 1.33 bits per heavy atom. The first-order chi connectivity index (χ1) is 9.95. The number of aliphatic hydroxyl groups excluding tert-OH is 2. The summed E-state index contributed by atoms with van der Waals surface area (Å²) in [5.41, 5.74) is 2.86. The summed E-state index contributed by atoms with van der Waals surface area (Å²) in [5.74, 6) is -0.878. The monoisotopic (exact) mass is 295 g/mol. The standard InChI is InChI=1S/C16H25NO4/c1-11-4-5-12(2)13(10-11)16(21)14(6-7-15(19)20)17-8-3-9-18/h4-5,10,14,16-18,21H,3,6-9H2,1-2H3,(H,19,20). The molecule has 0 aliphatic rings. The average molecular weight is 295 g/mol. The molecule has 5 heteroatoms. The third kappa shape index (κ3) is 5.83. The molecule has 0 aromatic heterocycles. The number of hydrogen-bond acceptors (Lipinski definition) is 4. The van der Waals surface area contributed by atoms with Gasteiger partial charge in [-0.25, -0.2) is 0 Å². The second-order valence-electron chi connectivity index (χ2n) is 5.38. The SMILES string of the molecule is Cc1ccc(C)c(C(O)C(CCC(=O)O)NCCCO)c1. The van der Waals surface area contributed by atoms with Crippen molar-refractivity contribution in [2.45, 2.75) is 45.3 Å². The maximum absolute atomic E-state index is 10.8. The van der Waals surface area contributed by atoms with Crippen LogP contribution in [0.25, 0.3) is 0 Å². The van der Waals surface area contributed by atoms with E-state index in [2.05, 4.69) is 5.32 Å². The number of aliphatic carboxylic acids is 1. The molecule has 0 spiro atoms.